The summed E-state index contributed by atoms with van der Waals surface area (Å²) in [5, 5.41) is 20.0. The van der Waals surface area contributed by atoms with Crippen LogP contribution in [0.25, 0.3) is 0 Å². The predicted molar refractivity (Wildman–Crippen MR) is 79.4 cm³/mol. The monoisotopic (exact) mass is 323 g/mol. The molecule has 0 atom stereocenters. The van der Waals surface area contributed by atoms with Gasteiger partial charge in [0.1, 0.15) is 11.9 Å². The number of nitrogens with zero attached hydrogens (tertiary/aromatic N) is 4. The topological polar surface area (TPSA) is 126 Å². The summed E-state index contributed by atoms with van der Waals surface area (Å²) in [4.78, 5) is 27.1. The van der Waals surface area contributed by atoms with Gasteiger partial charge in [0, 0.05) is 0 Å². The summed E-state index contributed by atoms with van der Waals surface area (Å²) >= 11 is 1.37. The van der Waals surface area contributed by atoms with Gasteiger partial charge in [-0.05, 0) is 18.4 Å². The minimum atomic E-state index is -0.602. The molecule has 0 amide bonds. The molecule has 0 saturated heterocycles. The third kappa shape index (κ3) is 3.88. The Bertz CT molecular complexity index is 707. The molecular formula is C12H13N5O4S. The summed E-state index contributed by atoms with van der Waals surface area (Å²) < 4.78 is 1.32. The molecule has 2 aromatic heterocycles. The average Bonchev–Trinajstić information content (AvgIpc) is 3.11. The Morgan fingerprint density at radius 1 is 1.64 bits per heavy atom. The number of aryl methyl sites for hydroxylation is 2. The van der Waals surface area contributed by atoms with E-state index in [0.29, 0.717) is 10.6 Å². The van der Waals surface area contributed by atoms with Gasteiger partial charge in [-0.15, -0.1) is 11.3 Å². The van der Waals surface area contributed by atoms with Crippen LogP contribution in [0, 0.1) is 17.0 Å². The summed E-state index contributed by atoms with van der Waals surface area (Å²) in [7, 11) is 0. The van der Waals surface area contributed by atoms with Crippen LogP contribution in [0.2, 0.25) is 0 Å². The largest absolute Gasteiger partial charge is 0.380 e. The molecule has 0 aliphatic heterocycles. The fraction of sp³-hybridized carbons (Fsp3) is 0.250. The maximum atomic E-state index is 11.6. The SMILES string of the molecule is Cc1nn(CCC(=O)O/N=C(\N)c2cccs2)cc1[N+](=O)[O-]. The van der Waals surface area contributed by atoms with E-state index >= 15 is 0 Å². The molecule has 2 N–H and O–H groups in total. The van der Waals surface area contributed by atoms with E-state index in [9.17, 15) is 14.9 Å². The van der Waals surface area contributed by atoms with Crippen LogP contribution in [0.1, 0.15) is 17.0 Å². The van der Waals surface area contributed by atoms with Crippen molar-refractivity contribution in [1.82, 2.24) is 9.78 Å². The number of hydrogen-bond acceptors (Lipinski definition) is 7. The van der Waals surface area contributed by atoms with Gasteiger partial charge in [0.2, 0.25) is 0 Å². The van der Waals surface area contributed by atoms with Gasteiger partial charge in [-0.3, -0.25) is 14.8 Å². The van der Waals surface area contributed by atoms with E-state index in [-0.39, 0.29) is 24.5 Å². The second kappa shape index (κ2) is 6.80. The van der Waals surface area contributed by atoms with Crippen molar-refractivity contribution in [1.29, 1.82) is 0 Å². The first kappa shape index (κ1) is 15.6. The number of oxime groups is 1. The quantitative estimate of drug-likeness (QED) is 0.282. The van der Waals surface area contributed by atoms with E-state index in [0.717, 1.165) is 0 Å². The number of hydrogen-bond donors (Lipinski definition) is 1. The Hall–Kier alpha value is -2.75. The van der Waals surface area contributed by atoms with E-state index in [1.807, 2.05) is 5.38 Å². The van der Waals surface area contributed by atoms with Gasteiger partial charge in [0.05, 0.1) is 22.8 Å². The van der Waals surface area contributed by atoms with Crippen molar-refractivity contribution in [3.05, 3.63) is 44.4 Å². The smallest absolute Gasteiger partial charge is 0.336 e. The standard InChI is InChI=1S/C12H13N5O4S/c1-8-9(17(19)20)7-16(14-8)5-4-11(18)21-15-12(13)10-3-2-6-22-10/h2-3,6-7H,4-5H2,1H3,(H2,13,15). The van der Waals surface area contributed by atoms with Crippen LogP contribution in [0.3, 0.4) is 0 Å². The highest BCUT2D eigenvalue weighted by Crippen LogP contribution is 2.15. The number of rotatable bonds is 6. The highest BCUT2D eigenvalue weighted by Gasteiger charge is 2.16. The van der Waals surface area contributed by atoms with Crippen LogP contribution in [0.15, 0.2) is 28.9 Å². The van der Waals surface area contributed by atoms with Crippen LogP contribution >= 0.6 is 11.3 Å². The predicted octanol–water partition coefficient (Wildman–Crippen LogP) is 1.42. The Labute approximate surface area is 129 Å². The van der Waals surface area contributed by atoms with Crippen molar-refractivity contribution in [2.24, 2.45) is 10.9 Å². The van der Waals surface area contributed by atoms with Crippen LogP contribution < -0.4 is 5.73 Å². The summed E-state index contributed by atoms with van der Waals surface area (Å²) in [5.74, 6) is -0.482. The first-order valence-corrected chi connectivity index (χ1v) is 7.11. The molecule has 2 aromatic rings. The van der Waals surface area contributed by atoms with E-state index in [2.05, 4.69) is 15.1 Å². The van der Waals surface area contributed by atoms with Crippen molar-refractivity contribution >= 4 is 28.8 Å². The Morgan fingerprint density at radius 2 is 2.41 bits per heavy atom. The lowest BCUT2D eigenvalue weighted by atomic mass is 10.4. The van der Waals surface area contributed by atoms with Crippen molar-refractivity contribution in [3.63, 3.8) is 0 Å². The minimum absolute atomic E-state index is 0.0283. The van der Waals surface area contributed by atoms with Crippen LogP contribution in [0.5, 0.6) is 0 Å². The highest BCUT2D eigenvalue weighted by atomic mass is 32.1. The molecule has 0 spiro atoms. The van der Waals surface area contributed by atoms with Crippen LogP contribution in [-0.2, 0) is 16.2 Å². The molecule has 0 bridgehead atoms. The van der Waals surface area contributed by atoms with Crippen LogP contribution in [-0.4, -0.2) is 26.5 Å². The number of carbonyl (C=O) groups excluding carboxylic acids is 1. The molecule has 22 heavy (non-hydrogen) atoms. The van der Waals surface area contributed by atoms with E-state index in [1.54, 1.807) is 12.1 Å². The molecule has 0 radical (unpaired) electrons. The summed E-state index contributed by atoms with van der Waals surface area (Å²) in [6.07, 6.45) is 1.24. The summed E-state index contributed by atoms with van der Waals surface area (Å²) in [6, 6.07) is 3.56. The third-order valence-corrected chi connectivity index (χ3v) is 3.57. The molecule has 9 nitrogen and oxygen atoms in total. The van der Waals surface area contributed by atoms with Crippen molar-refractivity contribution in [3.8, 4) is 0 Å². The van der Waals surface area contributed by atoms with Gasteiger partial charge in [0.25, 0.3) is 0 Å². The van der Waals surface area contributed by atoms with Crippen molar-refractivity contribution < 1.29 is 14.6 Å². The zero-order valence-electron chi connectivity index (χ0n) is 11.6. The third-order valence-electron chi connectivity index (χ3n) is 2.68. The van der Waals surface area contributed by atoms with Gasteiger partial charge >= 0.3 is 11.7 Å². The zero-order chi connectivity index (χ0) is 16.1. The molecule has 116 valence electrons. The number of thiophene rings is 1. The lowest BCUT2D eigenvalue weighted by Gasteiger charge is -2.00. The lowest BCUT2D eigenvalue weighted by molar-refractivity contribution is -0.385. The number of amidine groups is 1. The van der Waals surface area contributed by atoms with Gasteiger partial charge in [-0.25, -0.2) is 4.79 Å². The molecule has 2 heterocycles. The molecule has 0 aliphatic carbocycles. The summed E-state index contributed by atoms with van der Waals surface area (Å²) in [6.45, 7) is 1.68. The van der Waals surface area contributed by atoms with Gasteiger partial charge in [0.15, 0.2) is 5.84 Å². The fourth-order valence-electron chi connectivity index (χ4n) is 1.62. The van der Waals surface area contributed by atoms with Gasteiger partial charge < -0.3 is 10.6 Å². The second-order valence-electron chi connectivity index (χ2n) is 4.29. The second-order valence-corrected chi connectivity index (χ2v) is 5.23. The maximum absolute atomic E-state index is 11.6. The normalized spacial score (nSPS) is 11.4. The van der Waals surface area contributed by atoms with Gasteiger partial charge in [-0.1, -0.05) is 11.2 Å². The number of aromatic nitrogens is 2. The Balaban J connectivity index is 1.87. The molecule has 0 unspecified atom stereocenters. The number of carbonyl (C=O) groups is 1. The summed E-state index contributed by atoms with van der Waals surface area (Å²) in [5.41, 5.74) is 5.84. The average molecular weight is 323 g/mol. The molecule has 0 saturated carbocycles. The van der Waals surface area contributed by atoms with Crippen LogP contribution in [0.4, 0.5) is 5.69 Å². The molecule has 10 heteroatoms. The van der Waals surface area contributed by atoms with E-state index in [1.165, 1.54) is 29.1 Å². The number of nitrogens with two attached hydrogens (primary N) is 1. The molecule has 0 fully saturated rings. The zero-order valence-corrected chi connectivity index (χ0v) is 12.4. The number of nitro groups is 1. The van der Waals surface area contributed by atoms with E-state index < -0.39 is 10.9 Å². The van der Waals surface area contributed by atoms with E-state index in [4.69, 9.17) is 5.73 Å². The highest BCUT2D eigenvalue weighted by molar-refractivity contribution is 7.12. The lowest BCUT2D eigenvalue weighted by Crippen LogP contribution is -2.14. The maximum Gasteiger partial charge on any atom is 0.336 e. The van der Waals surface area contributed by atoms with Crippen molar-refractivity contribution in [2.45, 2.75) is 19.9 Å². The van der Waals surface area contributed by atoms with Gasteiger partial charge in [-0.2, -0.15) is 5.10 Å². The first-order chi connectivity index (χ1) is 10.5. The minimum Gasteiger partial charge on any atom is -0.380 e. The molecule has 0 aromatic carbocycles. The Morgan fingerprint density at radius 3 is 3.00 bits per heavy atom. The molecule has 2 rings (SSSR count). The molecule has 0 aliphatic rings. The van der Waals surface area contributed by atoms with Crippen molar-refractivity contribution in [2.75, 3.05) is 0 Å². The Kier molecular flexibility index (Phi) is 4.84. The molecular weight excluding hydrogens is 310 g/mol. The fourth-order valence-corrected chi connectivity index (χ4v) is 2.24. The first-order valence-electron chi connectivity index (χ1n) is 6.23.